The van der Waals surface area contributed by atoms with Crippen LogP contribution in [0.2, 0.25) is 0 Å². The highest BCUT2D eigenvalue weighted by molar-refractivity contribution is 5.90. The summed E-state index contributed by atoms with van der Waals surface area (Å²) in [4.78, 5) is 27.8. The van der Waals surface area contributed by atoms with E-state index in [9.17, 15) is 14.0 Å². The number of likely N-dealkylation sites (tertiary alicyclic amines) is 1. The van der Waals surface area contributed by atoms with Crippen molar-refractivity contribution in [2.45, 2.75) is 25.3 Å². The maximum atomic E-state index is 13.5. The molecule has 5 nitrogen and oxygen atoms in total. The normalized spacial score (nSPS) is 17.9. The van der Waals surface area contributed by atoms with Crippen LogP contribution in [0.15, 0.2) is 84.9 Å². The van der Waals surface area contributed by atoms with Gasteiger partial charge in [-0.05, 0) is 54.7 Å². The van der Waals surface area contributed by atoms with Crippen molar-refractivity contribution >= 4 is 17.6 Å². The zero-order chi connectivity index (χ0) is 23.0. The average Bonchev–Trinajstić information content (AvgIpc) is 2.85. The standard InChI is InChI=1S/C27H28FN3O2/c28-23-14-11-21(12-15-23)25-16-13-22(26(32)29-18-17-20-7-3-1-4-8-20)19-31(25)27(33)30-24-9-5-2-6-10-24/h1-12,14-15,22,25H,13,16-19H2,(H,29,32)(H,30,33)/t22-,25-/m1/s1. The molecule has 2 N–H and O–H groups in total. The number of carbonyl (C=O) groups is 2. The molecule has 3 amide bonds. The Kier molecular flexibility index (Phi) is 7.35. The second kappa shape index (κ2) is 10.8. The number of halogens is 1. The Bertz CT molecular complexity index is 1060. The molecule has 0 bridgehead atoms. The molecule has 2 atom stereocenters. The van der Waals surface area contributed by atoms with Gasteiger partial charge >= 0.3 is 6.03 Å². The highest BCUT2D eigenvalue weighted by Gasteiger charge is 2.35. The van der Waals surface area contributed by atoms with E-state index in [2.05, 4.69) is 10.6 Å². The quantitative estimate of drug-likeness (QED) is 0.550. The van der Waals surface area contributed by atoms with Crippen LogP contribution in [0.3, 0.4) is 0 Å². The average molecular weight is 446 g/mol. The first kappa shape index (κ1) is 22.5. The molecular formula is C27H28FN3O2. The molecule has 0 aliphatic carbocycles. The molecule has 1 heterocycles. The summed E-state index contributed by atoms with van der Waals surface area (Å²) in [6.07, 6.45) is 2.05. The summed E-state index contributed by atoms with van der Waals surface area (Å²) in [5.74, 6) is -0.648. The lowest BCUT2D eigenvalue weighted by molar-refractivity contribution is -0.126. The van der Waals surface area contributed by atoms with Crippen LogP contribution in [0.1, 0.15) is 30.0 Å². The van der Waals surface area contributed by atoms with Crippen LogP contribution >= 0.6 is 0 Å². The topological polar surface area (TPSA) is 61.4 Å². The number of nitrogens with zero attached hydrogens (tertiary/aromatic N) is 1. The summed E-state index contributed by atoms with van der Waals surface area (Å²) in [5.41, 5.74) is 2.72. The molecule has 170 valence electrons. The maximum Gasteiger partial charge on any atom is 0.322 e. The molecule has 0 radical (unpaired) electrons. The zero-order valence-electron chi connectivity index (χ0n) is 18.4. The number of hydrogen-bond donors (Lipinski definition) is 2. The lowest BCUT2D eigenvalue weighted by Crippen LogP contribution is -2.48. The number of amides is 3. The van der Waals surface area contributed by atoms with Gasteiger partial charge in [-0.2, -0.15) is 0 Å². The van der Waals surface area contributed by atoms with Crippen molar-refractivity contribution in [1.82, 2.24) is 10.2 Å². The number of para-hydroxylation sites is 1. The first-order valence-electron chi connectivity index (χ1n) is 11.3. The van der Waals surface area contributed by atoms with Gasteiger partial charge in [0.2, 0.25) is 5.91 Å². The summed E-state index contributed by atoms with van der Waals surface area (Å²) >= 11 is 0. The second-order valence-electron chi connectivity index (χ2n) is 8.32. The Balaban J connectivity index is 1.44. The van der Waals surface area contributed by atoms with Gasteiger partial charge in [-0.15, -0.1) is 0 Å². The van der Waals surface area contributed by atoms with Gasteiger partial charge in [-0.1, -0.05) is 60.7 Å². The molecular weight excluding hydrogens is 417 g/mol. The fourth-order valence-electron chi connectivity index (χ4n) is 4.28. The third-order valence-electron chi connectivity index (χ3n) is 6.05. The molecule has 0 unspecified atom stereocenters. The fourth-order valence-corrected chi connectivity index (χ4v) is 4.28. The van der Waals surface area contributed by atoms with Gasteiger partial charge in [0.1, 0.15) is 5.82 Å². The molecule has 0 saturated carbocycles. The molecule has 1 aliphatic heterocycles. The summed E-state index contributed by atoms with van der Waals surface area (Å²) < 4.78 is 13.5. The van der Waals surface area contributed by atoms with Gasteiger partial charge in [0.15, 0.2) is 0 Å². The predicted molar refractivity (Wildman–Crippen MR) is 127 cm³/mol. The third-order valence-corrected chi connectivity index (χ3v) is 6.05. The largest absolute Gasteiger partial charge is 0.355 e. The SMILES string of the molecule is O=C(NCCc1ccccc1)[C@@H]1CC[C@H](c2ccc(F)cc2)N(C(=O)Nc2ccccc2)C1. The molecule has 1 fully saturated rings. The van der Waals surface area contributed by atoms with Crippen molar-refractivity contribution in [3.05, 3.63) is 102 Å². The minimum absolute atomic E-state index is 0.0407. The minimum atomic E-state index is -0.314. The lowest BCUT2D eigenvalue weighted by atomic mass is 9.88. The lowest BCUT2D eigenvalue weighted by Gasteiger charge is -2.39. The smallest absolute Gasteiger partial charge is 0.322 e. The van der Waals surface area contributed by atoms with Gasteiger partial charge in [-0.25, -0.2) is 9.18 Å². The second-order valence-corrected chi connectivity index (χ2v) is 8.32. The Labute approximate surface area is 193 Å². The molecule has 4 rings (SSSR count). The molecule has 1 saturated heterocycles. The highest BCUT2D eigenvalue weighted by Crippen LogP contribution is 2.34. The van der Waals surface area contributed by atoms with Crippen molar-refractivity contribution < 1.29 is 14.0 Å². The molecule has 33 heavy (non-hydrogen) atoms. The molecule has 3 aromatic carbocycles. The predicted octanol–water partition coefficient (Wildman–Crippen LogP) is 5.17. The van der Waals surface area contributed by atoms with Crippen LogP contribution in [0.25, 0.3) is 0 Å². The molecule has 0 spiro atoms. The highest BCUT2D eigenvalue weighted by atomic mass is 19.1. The van der Waals surface area contributed by atoms with Crippen LogP contribution in [-0.4, -0.2) is 29.9 Å². The van der Waals surface area contributed by atoms with E-state index in [0.29, 0.717) is 31.6 Å². The van der Waals surface area contributed by atoms with Crippen LogP contribution < -0.4 is 10.6 Å². The number of benzene rings is 3. The summed E-state index contributed by atoms with van der Waals surface area (Å²) in [6, 6.07) is 25.0. The summed E-state index contributed by atoms with van der Waals surface area (Å²) in [6.45, 7) is 0.856. The first-order valence-corrected chi connectivity index (χ1v) is 11.3. The van der Waals surface area contributed by atoms with Crippen LogP contribution in [-0.2, 0) is 11.2 Å². The number of rotatable bonds is 6. The van der Waals surface area contributed by atoms with Gasteiger partial charge in [0.05, 0.1) is 12.0 Å². The Morgan fingerprint density at radius 3 is 2.24 bits per heavy atom. The van der Waals surface area contributed by atoms with E-state index in [1.54, 1.807) is 17.0 Å². The summed E-state index contributed by atoms with van der Waals surface area (Å²) in [5, 5.41) is 5.95. The van der Waals surface area contributed by atoms with E-state index in [1.807, 2.05) is 60.7 Å². The Hall–Kier alpha value is -3.67. The molecule has 6 heteroatoms. The molecule has 0 aromatic heterocycles. The van der Waals surface area contributed by atoms with E-state index in [-0.39, 0.29) is 29.7 Å². The first-order chi connectivity index (χ1) is 16.1. The van der Waals surface area contributed by atoms with Gasteiger partial charge < -0.3 is 15.5 Å². The number of carbonyl (C=O) groups excluding carboxylic acids is 2. The van der Waals surface area contributed by atoms with Crippen molar-refractivity contribution in [2.24, 2.45) is 5.92 Å². The van der Waals surface area contributed by atoms with Gasteiger partial charge in [-0.3, -0.25) is 4.79 Å². The number of anilines is 1. The number of nitrogens with one attached hydrogen (secondary N) is 2. The van der Waals surface area contributed by atoms with E-state index in [0.717, 1.165) is 12.0 Å². The molecule has 1 aliphatic rings. The van der Waals surface area contributed by atoms with E-state index in [4.69, 9.17) is 0 Å². The fraction of sp³-hybridized carbons (Fsp3) is 0.259. The van der Waals surface area contributed by atoms with E-state index < -0.39 is 0 Å². The van der Waals surface area contributed by atoms with Crippen LogP contribution in [0.4, 0.5) is 14.9 Å². The zero-order valence-corrected chi connectivity index (χ0v) is 18.4. The van der Waals surface area contributed by atoms with Crippen molar-refractivity contribution in [1.29, 1.82) is 0 Å². The third kappa shape index (κ3) is 5.98. The summed E-state index contributed by atoms with van der Waals surface area (Å²) in [7, 11) is 0. The number of hydrogen-bond acceptors (Lipinski definition) is 2. The minimum Gasteiger partial charge on any atom is -0.355 e. The van der Waals surface area contributed by atoms with Crippen molar-refractivity contribution in [3.8, 4) is 0 Å². The van der Waals surface area contributed by atoms with Crippen LogP contribution in [0, 0.1) is 11.7 Å². The van der Waals surface area contributed by atoms with E-state index in [1.165, 1.54) is 17.7 Å². The van der Waals surface area contributed by atoms with Crippen molar-refractivity contribution in [3.63, 3.8) is 0 Å². The maximum absolute atomic E-state index is 13.5. The van der Waals surface area contributed by atoms with Gasteiger partial charge in [0.25, 0.3) is 0 Å². The monoisotopic (exact) mass is 445 g/mol. The molecule has 3 aromatic rings. The van der Waals surface area contributed by atoms with E-state index >= 15 is 0 Å². The Morgan fingerprint density at radius 2 is 1.55 bits per heavy atom. The van der Waals surface area contributed by atoms with Gasteiger partial charge in [0, 0.05) is 18.8 Å². The Morgan fingerprint density at radius 1 is 0.879 bits per heavy atom. The van der Waals surface area contributed by atoms with Crippen LogP contribution in [0.5, 0.6) is 0 Å². The number of piperidine rings is 1. The number of urea groups is 1. The van der Waals surface area contributed by atoms with Crippen molar-refractivity contribution in [2.75, 3.05) is 18.4 Å².